The third-order valence-corrected chi connectivity index (χ3v) is 5.74. The third-order valence-electron chi connectivity index (χ3n) is 5.74. The van der Waals surface area contributed by atoms with E-state index in [1.54, 1.807) is 6.26 Å². The molecule has 4 rings (SSSR count). The third kappa shape index (κ3) is 7.42. The molecule has 3 fully saturated rings. The lowest BCUT2D eigenvalue weighted by atomic mass is 10.1. The van der Waals surface area contributed by atoms with Gasteiger partial charge in [-0.1, -0.05) is 0 Å². The summed E-state index contributed by atoms with van der Waals surface area (Å²) >= 11 is 0. The van der Waals surface area contributed by atoms with Crippen LogP contribution in [0.1, 0.15) is 25.0 Å². The predicted molar refractivity (Wildman–Crippen MR) is 126 cm³/mol. The van der Waals surface area contributed by atoms with Crippen molar-refractivity contribution >= 4 is 35.8 Å². The van der Waals surface area contributed by atoms with Crippen LogP contribution in [0.25, 0.3) is 0 Å². The summed E-state index contributed by atoms with van der Waals surface area (Å²) in [5.74, 6) is 2.62. The zero-order valence-corrected chi connectivity index (χ0v) is 19.9. The van der Waals surface area contributed by atoms with E-state index in [2.05, 4.69) is 20.4 Å². The highest BCUT2D eigenvalue weighted by Gasteiger charge is 2.26. The Kier molecular flexibility index (Phi) is 9.26. The highest BCUT2D eigenvalue weighted by Crippen LogP contribution is 2.18. The van der Waals surface area contributed by atoms with Gasteiger partial charge in [0.2, 0.25) is 5.91 Å². The minimum Gasteiger partial charge on any atom is -0.469 e. The van der Waals surface area contributed by atoms with Gasteiger partial charge in [-0.2, -0.15) is 0 Å². The van der Waals surface area contributed by atoms with Crippen molar-refractivity contribution in [2.75, 3.05) is 59.0 Å². The Morgan fingerprint density at radius 2 is 2.03 bits per heavy atom. The van der Waals surface area contributed by atoms with Crippen molar-refractivity contribution in [2.24, 2.45) is 10.9 Å². The lowest BCUT2D eigenvalue weighted by Gasteiger charge is -2.36. The smallest absolute Gasteiger partial charge is 0.234 e. The van der Waals surface area contributed by atoms with E-state index in [4.69, 9.17) is 14.1 Å². The molecule has 9 heteroatoms. The molecule has 0 bridgehead atoms. The van der Waals surface area contributed by atoms with Crippen molar-refractivity contribution in [1.82, 2.24) is 20.4 Å². The molecule has 1 aliphatic carbocycles. The van der Waals surface area contributed by atoms with Crippen LogP contribution in [0, 0.1) is 5.92 Å². The first-order chi connectivity index (χ1) is 14.3. The van der Waals surface area contributed by atoms with Crippen molar-refractivity contribution in [3.05, 3.63) is 24.2 Å². The summed E-state index contributed by atoms with van der Waals surface area (Å²) in [6, 6.07) is 4.35. The molecule has 0 radical (unpaired) electrons. The molecular weight excluding hydrogens is 497 g/mol. The predicted octanol–water partition coefficient (Wildman–Crippen LogP) is 1.32. The first-order valence-electron chi connectivity index (χ1n) is 10.9. The monoisotopic (exact) mass is 531 g/mol. The van der Waals surface area contributed by atoms with Gasteiger partial charge in [0.1, 0.15) is 5.76 Å². The molecule has 0 aromatic carbocycles. The quantitative estimate of drug-likeness (QED) is 0.299. The molecule has 1 unspecified atom stereocenters. The van der Waals surface area contributed by atoms with Gasteiger partial charge in [-0.15, -0.1) is 24.0 Å². The van der Waals surface area contributed by atoms with Crippen LogP contribution in [0.3, 0.4) is 0 Å². The van der Waals surface area contributed by atoms with Crippen LogP contribution in [-0.4, -0.2) is 86.7 Å². The normalized spacial score (nSPS) is 22.6. The fraction of sp³-hybridized carbons (Fsp3) is 0.714. The van der Waals surface area contributed by atoms with Gasteiger partial charge in [-0.3, -0.25) is 14.7 Å². The summed E-state index contributed by atoms with van der Waals surface area (Å²) < 4.78 is 10.9. The minimum atomic E-state index is 0. The first-order valence-corrected chi connectivity index (χ1v) is 10.9. The van der Waals surface area contributed by atoms with E-state index in [1.807, 2.05) is 12.1 Å². The van der Waals surface area contributed by atoms with E-state index in [1.165, 1.54) is 0 Å². The standard InChI is InChI=1S/C21H33N5O3.HI/c27-20(24-18-3-4-18)15-25-8-10-26(11-9-25)21(23-14-17-6-13-28-16-17)22-7-5-19-2-1-12-29-19;/h1-2,12,17-18H,3-11,13-16H2,(H,22,23)(H,24,27);1H. The number of nitrogens with one attached hydrogen (secondary N) is 2. The summed E-state index contributed by atoms with van der Waals surface area (Å²) in [6.45, 7) is 7.27. The Labute approximate surface area is 195 Å². The van der Waals surface area contributed by atoms with Gasteiger partial charge in [-0.25, -0.2) is 0 Å². The summed E-state index contributed by atoms with van der Waals surface area (Å²) in [5, 5.41) is 6.60. The highest BCUT2D eigenvalue weighted by molar-refractivity contribution is 14.0. The van der Waals surface area contributed by atoms with E-state index in [9.17, 15) is 4.79 Å². The molecule has 3 aliphatic rings. The maximum absolute atomic E-state index is 12.1. The van der Waals surface area contributed by atoms with E-state index in [0.29, 0.717) is 18.5 Å². The van der Waals surface area contributed by atoms with E-state index < -0.39 is 0 Å². The maximum atomic E-state index is 12.1. The fourth-order valence-electron chi connectivity index (χ4n) is 3.78. The summed E-state index contributed by atoms with van der Waals surface area (Å²) in [7, 11) is 0. The van der Waals surface area contributed by atoms with Crippen molar-refractivity contribution in [3.8, 4) is 0 Å². The zero-order valence-electron chi connectivity index (χ0n) is 17.6. The van der Waals surface area contributed by atoms with Crippen molar-refractivity contribution in [2.45, 2.75) is 31.7 Å². The first kappa shape index (κ1) is 23.3. The van der Waals surface area contributed by atoms with Gasteiger partial charge in [0.25, 0.3) is 0 Å². The number of rotatable bonds is 8. The number of furan rings is 1. The van der Waals surface area contributed by atoms with E-state index in [0.717, 1.165) is 89.9 Å². The second kappa shape index (κ2) is 11.9. The largest absolute Gasteiger partial charge is 0.469 e. The zero-order chi connectivity index (χ0) is 19.9. The Bertz CT molecular complexity index is 666. The number of ether oxygens (including phenoxy) is 1. The van der Waals surface area contributed by atoms with Crippen LogP contribution in [0.5, 0.6) is 0 Å². The number of nitrogens with zero attached hydrogens (tertiary/aromatic N) is 3. The fourth-order valence-corrected chi connectivity index (χ4v) is 3.78. The molecule has 1 saturated carbocycles. The molecule has 168 valence electrons. The van der Waals surface area contributed by atoms with Crippen LogP contribution in [0.2, 0.25) is 0 Å². The summed E-state index contributed by atoms with van der Waals surface area (Å²) in [4.78, 5) is 21.5. The van der Waals surface area contributed by atoms with Gasteiger partial charge in [0, 0.05) is 64.3 Å². The maximum Gasteiger partial charge on any atom is 0.234 e. The summed E-state index contributed by atoms with van der Waals surface area (Å²) in [5.41, 5.74) is 0. The molecule has 1 aromatic heterocycles. The van der Waals surface area contributed by atoms with E-state index >= 15 is 0 Å². The van der Waals surface area contributed by atoms with Crippen molar-refractivity contribution in [1.29, 1.82) is 0 Å². The number of piperazine rings is 1. The molecule has 3 heterocycles. The minimum absolute atomic E-state index is 0. The number of hydrogen-bond acceptors (Lipinski definition) is 5. The SMILES string of the molecule is I.O=C(CN1CCN(C(=NCC2CCOC2)NCCc2ccco2)CC1)NC1CC1. The number of amides is 1. The molecule has 2 saturated heterocycles. The van der Waals surface area contributed by atoms with Gasteiger partial charge in [-0.05, 0) is 31.4 Å². The summed E-state index contributed by atoms with van der Waals surface area (Å²) in [6.07, 6.45) is 5.90. The second-order valence-electron chi connectivity index (χ2n) is 8.26. The Balaban J connectivity index is 0.00000256. The molecule has 30 heavy (non-hydrogen) atoms. The number of guanidine groups is 1. The van der Waals surface area contributed by atoms with Crippen molar-refractivity contribution < 1.29 is 13.9 Å². The highest BCUT2D eigenvalue weighted by atomic mass is 127. The number of aliphatic imine (C=N–C) groups is 1. The topological polar surface area (TPSA) is 82.3 Å². The van der Waals surface area contributed by atoms with Crippen LogP contribution in [0.15, 0.2) is 27.8 Å². The van der Waals surface area contributed by atoms with E-state index in [-0.39, 0.29) is 29.9 Å². The number of hydrogen-bond donors (Lipinski definition) is 2. The van der Waals surface area contributed by atoms with Crippen LogP contribution in [0.4, 0.5) is 0 Å². The average molecular weight is 531 g/mol. The molecule has 8 nitrogen and oxygen atoms in total. The van der Waals surface area contributed by atoms with Crippen LogP contribution in [-0.2, 0) is 16.0 Å². The molecule has 1 amide bonds. The number of carbonyl (C=O) groups excluding carboxylic acids is 1. The van der Waals surface area contributed by atoms with Crippen LogP contribution < -0.4 is 10.6 Å². The average Bonchev–Trinajstić information content (AvgIpc) is 3.18. The molecule has 2 aliphatic heterocycles. The van der Waals surface area contributed by atoms with Gasteiger partial charge >= 0.3 is 0 Å². The Morgan fingerprint density at radius 3 is 2.70 bits per heavy atom. The molecule has 1 atom stereocenters. The second-order valence-corrected chi connectivity index (χ2v) is 8.26. The molecule has 1 aromatic rings. The molecular formula is C21H34IN5O3. The Hall–Kier alpha value is -1.33. The van der Waals surface area contributed by atoms with Gasteiger partial charge in [0.05, 0.1) is 19.4 Å². The number of halogens is 1. The molecule has 2 N–H and O–H groups in total. The van der Waals surface area contributed by atoms with Crippen molar-refractivity contribution in [3.63, 3.8) is 0 Å². The lowest BCUT2D eigenvalue weighted by Crippen LogP contribution is -2.54. The molecule has 0 spiro atoms. The lowest BCUT2D eigenvalue weighted by molar-refractivity contribution is -0.122. The van der Waals surface area contributed by atoms with Crippen LogP contribution >= 0.6 is 24.0 Å². The van der Waals surface area contributed by atoms with Gasteiger partial charge in [0.15, 0.2) is 5.96 Å². The number of carbonyl (C=O) groups is 1. The van der Waals surface area contributed by atoms with Gasteiger partial charge < -0.3 is 24.7 Å². The Morgan fingerprint density at radius 1 is 1.20 bits per heavy atom.